The number of hydrogen-bond donors (Lipinski definition) is 0. The van der Waals surface area contributed by atoms with Gasteiger partial charge < -0.3 is 14.0 Å². The van der Waals surface area contributed by atoms with Crippen LogP contribution in [0.15, 0.2) is 30.3 Å². The van der Waals surface area contributed by atoms with Gasteiger partial charge in [-0.3, -0.25) is 4.79 Å². The largest absolute Gasteiger partial charge is 0.495 e. The molecule has 0 spiro atoms. The van der Waals surface area contributed by atoms with Gasteiger partial charge in [-0.2, -0.15) is 0 Å². The number of ether oxygens (including phenoxy) is 1. The van der Waals surface area contributed by atoms with Gasteiger partial charge in [0.2, 0.25) is 0 Å². The van der Waals surface area contributed by atoms with E-state index in [1.165, 1.54) is 6.07 Å². The zero-order chi connectivity index (χ0) is 20.7. The molecule has 150 valence electrons. The van der Waals surface area contributed by atoms with Crippen LogP contribution in [0.3, 0.4) is 0 Å². The number of carbonyl (C=O) groups excluding carboxylic acids is 1. The zero-order valence-electron chi connectivity index (χ0n) is 17.5. The van der Waals surface area contributed by atoms with E-state index in [0.717, 1.165) is 10.8 Å². The minimum absolute atomic E-state index is 0.256. The molecule has 4 nitrogen and oxygen atoms in total. The Balaban J connectivity index is 2.21. The molecule has 1 saturated heterocycles. The van der Waals surface area contributed by atoms with Gasteiger partial charge >= 0.3 is 13.1 Å². The van der Waals surface area contributed by atoms with Crippen molar-refractivity contribution in [3.63, 3.8) is 0 Å². The van der Waals surface area contributed by atoms with E-state index >= 15 is 4.39 Å². The van der Waals surface area contributed by atoms with Gasteiger partial charge in [0, 0.05) is 5.56 Å². The van der Waals surface area contributed by atoms with Gasteiger partial charge in [-0.15, -0.1) is 0 Å². The van der Waals surface area contributed by atoms with Crippen LogP contribution in [0.1, 0.15) is 59.4 Å². The predicted molar refractivity (Wildman–Crippen MR) is 109 cm³/mol. The normalized spacial score (nSPS) is 19.0. The number of rotatable bonds is 5. The number of fused-ring (bicyclic) bond motifs is 1. The molecule has 0 bridgehead atoms. The number of carbonyl (C=O) groups is 1. The molecule has 0 radical (unpaired) electrons. The van der Waals surface area contributed by atoms with Crippen molar-refractivity contribution in [3.05, 3.63) is 41.7 Å². The Kier molecular flexibility index (Phi) is 5.56. The molecule has 2 aromatic rings. The van der Waals surface area contributed by atoms with E-state index in [0.29, 0.717) is 17.4 Å². The number of benzene rings is 2. The van der Waals surface area contributed by atoms with Crippen molar-refractivity contribution in [2.75, 3.05) is 6.61 Å². The SMILES string of the molecule is CCOC(=O)C(CC)c1c(F)ccc2cccc(B3OC(C)(C)C(C)(C)O3)c12. The molecule has 1 fully saturated rings. The molecule has 1 aliphatic rings. The molecular formula is C22H28BFO4. The van der Waals surface area contributed by atoms with Crippen molar-refractivity contribution in [1.82, 2.24) is 0 Å². The van der Waals surface area contributed by atoms with Gasteiger partial charge in [-0.25, -0.2) is 4.39 Å². The van der Waals surface area contributed by atoms with Gasteiger partial charge in [-0.1, -0.05) is 31.2 Å². The van der Waals surface area contributed by atoms with Crippen LogP contribution in [-0.4, -0.2) is 30.9 Å². The monoisotopic (exact) mass is 386 g/mol. The van der Waals surface area contributed by atoms with Gasteiger partial charge in [0.1, 0.15) is 5.82 Å². The van der Waals surface area contributed by atoms with Crippen molar-refractivity contribution in [3.8, 4) is 0 Å². The summed E-state index contributed by atoms with van der Waals surface area (Å²) in [5.41, 5.74) is 0.0502. The lowest BCUT2D eigenvalue weighted by atomic mass is 9.73. The lowest BCUT2D eigenvalue weighted by molar-refractivity contribution is -0.145. The molecule has 28 heavy (non-hydrogen) atoms. The predicted octanol–water partition coefficient (Wildman–Crippen LogP) is 4.33. The first-order valence-electron chi connectivity index (χ1n) is 9.86. The fourth-order valence-corrected chi connectivity index (χ4v) is 3.65. The van der Waals surface area contributed by atoms with Crippen LogP contribution in [0.25, 0.3) is 10.8 Å². The lowest BCUT2D eigenvalue weighted by Crippen LogP contribution is -2.41. The maximum Gasteiger partial charge on any atom is 0.495 e. The lowest BCUT2D eigenvalue weighted by Gasteiger charge is -2.32. The van der Waals surface area contributed by atoms with Crippen LogP contribution in [-0.2, 0) is 18.8 Å². The molecule has 1 unspecified atom stereocenters. The highest BCUT2D eigenvalue weighted by Crippen LogP contribution is 2.38. The molecule has 0 N–H and O–H groups in total. The third-order valence-electron chi connectivity index (χ3n) is 5.90. The van der Waals surface area contributed by atoms with E-state index < -0.39 is 36.0 Å². The molecule has 1 aliphatic heterocycles. The van der Waals surface area contributed by atoms with Crippen LogP contribution in [0.5, 0.6) is 0 Å². The smallest absolute Gasteiger partial charge is 0.466 e. The second-order valence-corrected chi connectivity index (χ2v) is 8.21. The summed E-state index contributed by atoms with van der Waals surface area (Å²) in [4.78, 5) is 12.6. The molecule has 0 saturated carbocycles. The van der Waals surface area contributed by atoms with Crippen molar-refractivity contribution in [2.24, 2.45) is 0 Å². The molecule has 3 rings (SSSR count). The van der Waals surface area contributed by atoms with Crippen LogP contribution in [0, 0.1) is 5.82 Å². The average Bonchev–Trinajstić information content (AvgIpc) is 2.84. The molecule has 1 heterocycles. The van der Waals surface area contributed by atoms with Gasteiger partial charge in [0.25, 0.3) is 0 Å². The van der Waals surface area contributed by atoms with Crippen LogP contribution < -0.4 is 5.46 Å². The topological polar surface area (TPSA) is 44.8 Å². The quantitative estimate of drug-likeness (QED) is 0.567. The van der Waals surface area contributed by atoms with Crippen molar-refractivity contribution in [2.45, 2.75) is 65.1 Å². The summed E-state index contributed by atoms with van der Waals surface area (Å²) in [6, 6.07) is 8.82. The van der Waals surface area contributed by atoms with Crippen LogP contribution in [0.4, 0.5) is 4.39 Å². The summed E-state index contributed by atoms with van der Waals surface area (Å²) < 4.78 is 32.7. The second kappa shape index (κ2) is 7.49. The standard InChI is InChI=1S/C22H28BFO4/c1-7-15(20(25)26-8-2)19-17(24)13-12-14-10-9-11-16(18(14)19)23-27-21(3,4)22(5,6)28-23/h9-13,15H,7-8H2,1-6H3. The van der Waals surface area contributed by atoms with Crippen molar-refractivity contribution in [1.29, 1.82) is 0 Å². The molecule has 2 aromatic carbocycles. The fourth-order valence-electron chi connectivity index (χ4n) is 3.65. The highest BCUT2D eigenvalue weighted by Gasteiger charge is 2.52. The first kappa shape index (κ1) is 20.8. The molecule has 0 aliphatic carbocycles. The molecule has 0 amide bonds. The van der Waals surface area contributed by atoms with E-state index in [9.17, 15) is 4.79 Å². The summed E-state index contributed by atoms with van der Waals surface area (Å²) in [6.07, 6.45) is 0.437. The first-order chi connectivity index (χ1) is 13.1. The van der Waals surface area contributed by atoms with Gasteiger partial charge in [0.05, 0.1) is 23.7 Å². The number of hydrogen-bond acceptors (Lipinski definition) is 4. The average molecular weight is 386 g/mol. The summed E-state index contributed by atoms with van der Waals surface area (Å²) in [7, 11) is -0.644. The Bertz CT molecular complexity index is 877. The highest BCUT2D eigenvalue weighted by molar-refractivity contribution is 6.65. The number of halogens is 1. The Labute approximate surface area is 166 Å². The summed E-state index contributed by atoms with van der Waals surface area (Å²) in [5.74, 6) is -1.52. The van der Waals surface area contributed by atoms with Gasteiger partial charge in [0.15, 0.2) is 0 Å². The third-order valence-corrected chi connectivity index (χ3v) is 5.90. The van der Waals surface area contributed by atoms with E-state index in [-0.39, 0.29) is 6.61 Å². The van der Waals surface area contributed by atoms with E-state index in [2.05, 4.69) is 0 Å². The van der Waals surface area contributed by atoms with E-state index in [4.69, 9.17) is 14.0 Å². The maximum atomic E-state index is 15.0. The van der Waals surface area contributed by atoms with E-state index in [1.54, 1.807) is 13.0 Å². The Hall–Kier alpha value is -1.92. The molecule has 6 heteroatoms. The fraction of sp³-hybridized carbons (Fsp3) is 0.500. The Morgan fingerprint density at radius 3 is 2.32 bits per heavy atom. The third kappa shape index (κ3) is 3.44. The first-order valence-corrected chi connectivity index (χ1v) is 9.86. The minimum Gasteiger partial charge on any atom is -0.466 e. The Morgan fingerprint density at radius 2 is 1.75 bits per heavy atom. The zero-order valence-corrected chi connectivity index (χ0v) is 17.5. The molecule has 1 atom stereocenters. The van der Waals surface area contributed by atoms with Crippen LogP contribution >= 0.6 is 0 Å². The Morgan fingerprint density at radius 1 is 1.11 bits per heavy atom. The summed E-state index contributed by atoms with van der Waals surface area (Å²) in [5, 5.41) is 1.51. The minimum atomic E-state index is -0.688. The number of esters is 1. The molecular weight excluding hydrogens is 358 g/mol. The molecule has 0 aromatic heterocycles. The van der Waals surface area contributed by atoms with E-state index in [1.807, 2.05) is 52.8 Å². The van der Waals surface area contributed by atoms with Crippen molar-refractivity contribution >= 4 is 29.3 Å². The summed E-state index contributed by atoms with van der Waals surface area (Å²) >= 11 is 0. The highest BCUT2D eigenvalue weighted by atomic mass is 19.1. The maximum absolute atomic E-state index is 15.0. The second-order valence-electron chi connectivity index (χ2n) is 8.21. The van der Waals surface area contributed by atoms with Gasteiger partial charge in [-0.05, 0) is 63.3 Å². The van der Waals surface area contributed by atoms with Crippen molar-refractivity contribution < 1.29 is 23.2 Å². The summed E-state index contributed by atoms with van der Waals surface area (Å²) in [6.45, 7) is 11.8. The van der Waals surface area contributed by atoms with Crippen LogP contribution in [0.2, 0.25) is 0 Å².